The van der Waals surface area contributed by atoms with E-state index in [1.54, 1.807) is 30.3 Å². The first-order valence-corrected chi connectivity index (χ1v) is 10.2. The van der Waals surface area contributed by atoms with Crippen LogP contribution in [0.1, 0.15) is 55.8 Å². The molecule has 0 radical (unpaired) electrons. The lowest BCUT2D eigenvalue weighted by molar-refractivity contribution is -0.133. The Hall–Kier alpha value is -3.35. The van der Waals surface area contributed by atoms with Gasteiger partial charge in [-0.15, -0.1) is 0 Å². The lowest BCUT2D eigenvalue weighted by Crippen LogP contribution is -2.29. The third kappa shape index (κ3) is 7.58. The maximum Gasteiger partial charge on any atom is 0.338 e. The number of benzene rings is 2. The summed E-state index contributed by atoms with van der Waals surface area (Å²) in [7, 11) is 0. The number of phenolic OH excluding ortho intramolecular Hbond substituents is 1. The Kier molecular flexibility index (Phi) is 9.37. The van der Waals surface area contributed by atoms with Gasteiger partial charge in [0.2, 0.25) is 0 Å². The number of unbranched alkanes of at least 4 members (excludes halogenated alkanes) is 5. The smallest absolute Gasteiger partial charge is 0.338 e. The number of nitrogens with one attached hydrogen (secondary N) is 2. The molecule has 0 atom stereocenters. The van der Waals surface area contributed by atoms with Crippen LogP contribution in [0.4, 0.5) is 11.4 Å². The average Bonchev–Trinajstić information content (AvgIpc) is 2.74. The van der Waals surface area contributed by atoms with E-state index in [2.05, 4.69) is 17.6 Å². The molecule has 0 aromatic heterocycles. The first kappa shape index (κ1) is 22.9. The number of anilines is 2. The molecule has 0 aliphatic heterocycles. The van der Waals surface area contributed by atoms with Crippen molar-refractivity contribution in [2.24, 2.45) is 0 Å². The Morgan fingerprint density at radius 2 is 1.57 bits per heavy atom. The SMILES string of the molecule is CCCCCCCCOC(=O)c1cccc(NC(=O)C(=O)Nc2ccccc2O)c1. The minimum atomic E-state index is -0.937. The highest BCUT2D eigenvalue weighted by Gasteiger charge is 2.16. The van der Waals surface area contributed by atoms with E-state index >= 15 is 0 Å². The van der Waals surface area contributed by atoms with Crippen molar-refractivity contribution in [2.45, 2.75) is 45.4 Å². The number of amides is 2. The second-order valence-electron chi connectivity index (χ2n) is 6.91. The van der Waals surface area contributed by atoms with Crippen molar-refractivity contribution < 1.29 is 24.2 Å². The fourth-order valence-corrected chi connectivity index (χ4v) is 2.80. The largest absolute Gasteiger partial charge is 0.506 e. The molecule has 0 saturated heterocycles. The molecule has 0 bridgehead atoms. The summed E-state index contributed by atoms with van der Waals surface area (Å²) in [5.74, 6) is -2.48. The highest BCUT2D eigenvalue weighted by Crippen LogP contribution is 2.21. The minimum Gasteiger partial charge on any atom is -0.506 e. The number of aromatic hydroxyl groups is 1. The van der Waals surface area contributed by atoms with Gasteiger partial charge in [0.15, 0.2) is 0 Å². The maximum absolute atomic E-state index is 12.2. The van der Waals surface area contributed by atoms with Crippen LogP contribution in [-0.4, -0.2) is 29.5 Å². The fourth-order valence-electron chi connectivity index (χ4n) is 2.80. The summed E-state index contributed by atoms with van der Waals surface area (Å²) in [5.41, 5.74) is 0.714. The van der Waals surface area contributed by atoms with E-state index in [-0.39, 0.29) is 11.4 Å². The normalized spacial score (nSPS) is 10.3. The molecule has 7 nitrogen and oxygen atoms in total. The number of phenols is 1. The van der Waals surface area contributed by atoms with Gasteiger partial charge in [0.05, 0.1) is 17.9 Å². The first-order valence-electron chi connectivity index (χ1n) is 10.2. The van der Waals surface area contributed by atoms with Crippen molar-refractivity contribution in [3.63, 3.8) is 0 Å². The van der Waals surface area contributed by atoms with Crippen LogP contribution in [0.3, 0.4) is 0 Å². The number of ether oxygens (including phenoxy) is 1. The summed E-state index contributed by atoms with van der Waals surface area (Å²) < 4.78 is 5.28. The van der Waals surface area contributed by atoms with Crippen molar-refractivity contribution in [1.82, 2.24) is 0 Å². The van der Waals surface area contributed by atoms with Crippen LogP contribution < -0.4 is 10.6 Å². The monoisotopic (exact) mass is 412 g/mol. The predicted molar refractivity (Wildman–Crippen MR) is 115 cm³/mol. The Bertz CT molecular complexity index is 866. The number of carbonyl (C=O) groups is 3. The van der Waals surface area contributed by atoms with Gasteiger partial charge in [-0.1, -0.05) is 57.2 Å². The van der Waals surface area contributed by atoms with Gasteiger partial charge in [-0.05, 0) is 36.8 Å². The fraction of sp³-hybridized carbons (Fsp3) is 0.348. The molecular weight excluding hydrogens is 384 g/mol. The zero-order valence-corrected chi connectivity index (χ0v) is 17.1. The molecule has 0 unspecified atom stereocenters. The van der Waals surface area contributed by atoms with E-state index in [1.165, 1.54) is 37.5 Å². The third-order valence-corrected chi connectivity index (χ3v) is 4.45. The van der Waals surface area contributed by atoms with Crippen LogP contribution in [0.5, 0.6) is 5.75 Å². The molecular formula is C23H28N2O5. The molecule has 0 heterocycles. The zero-order valence-electron chi connectivity index (χ0n) is 17.1. The number of para-hydroxylation sites is 2. The molecule has 2 aromatic rings. The Balaban J connectivity index is 1.82. The third-order valence-electron chi connectivity index (χ3n) is 4.45. The van der Waals surface area contributed by atoms with Gasteiger partial charge < -0.3 is 20.5 Å². The van der Waals surface area contributed by atoms with Crippen molar-refractivity contribution >= 4 is 29.2 Å². The zero-order chi connectivity index (χ0) is 21.8. The average molecular weight is 412 g/mol. The maximum atomic E-state index is 12.2. The predicted octanol–water partition coefficient (Wildman–Crippen LogP) is 4.49. The molecule has 7 heteroatoms. The Morgan fingerprint density at radius 3 is 2.33 bits per heavy atom. The van der Waals surface area contributed by atoms with E-state index in [0.29, 0.717) is 17.9 Å². The summed E-state index contributed by atoms with van der Waals surface area (Å²) >= 11 is 0. The van der Waals surface area contributed by atoms with Gasteiger partial charge in [-0.3, -0.25) is 9.59 Å². The minimum absolute atomic E-state index is 0.129. The van der Waals surface area contributed by atoms with Crippen LogP contribution in [0, 0.1) is 0 Å². The van der Waals surface area contributed by atoms with Crippen LogP contribution in [-0.2, 0) is 14.3 Å². The second kappa shape index (κ2) is 12.3. The molecule has 3 N–H and O–H groups in total. The number of carbonyl (C=O) groups excluding carboxylic acids is 3. The van der Waals surface area contributed by atoms with E-state index in [9.17, 15) is 19.5 Å². The summed E-state index contributed by atoms with van der Waals surface area (Å²) in [4.78, 5) is 36.3. The quantitative estimate of drug-likeness (QED) is 0.231. The topological polar surface area (TPSA) is 105 Å². The van der Waals surface area contributed by atoms with E-state index in [0.717, 1.165) is 19.3 Å². The molecule has 2 aromatic carbocycles. The number of rotatable bonds is 10. The van der Waals surface area contributed by atoms with Gasteiger partial charge in [0, 0.05) is 5.69 Å². The first-order chi connectivity index (χ1) is 14.5. The Labute approximate surface area is 176 Å². The van der Waals surface area contributed by atoms with Gasteiger partial charge in [0.1, 0.15) is 5.75 Å². The summed E-state index contributed by atoms with van der Waals surface area (Å²) in [6.45, 7) is 2.52. The van der Waals surface area contributed by atoms with Gasteiger partial charge in [-0.2, -0.15) is 0 Å². The van der Waals surface area contributed by atoms with E-state index < -0.39 is 17.8 Å². The molecule has 30 heavy (non-hydrogen) atoms. The molecule has 160 valence electrons. The van der Waals surface area contributed by atoms with Gasteiger partial charge in [0.25, 0.3) is 0 Å². The molecule has 2 rings (SSSR count). The highest BCUT2D eigenvalue weighted by molar-refractivity contribution is 6.43. The van der Waals surface area contributed by atoms with E-state index in [1.807, 2.05) is 0 Å². The van der Waals surface area contributed by atoms with Crippen molar-refractivity contribution in [3.8, 4) is 5.75 Å². The highest BCUT2D eigenvalue weighted by atomic mass is 16.5. The van der Waals surface area contributed by atoms with Crippen molar-refractivity contribution in [2.75, 3.05) is 17.2 Å². The summed E-state index contributed by atoms with van der Waals surface area (Å²) in [6, 6.07) is 12.3. The lowest BCUT2D eigenvalue weighted by atomic mass is 10.1. The van der Waals surface area contributed by atoms with Gasteiger partial charge in [-0.25, -0.2) is 4.79 Å². The van der Waals surface area contributed by atoms with Crippen molar-refractivity contribution in [1.29, 1.82) is 0 Å². The molecule has 0 spiro atoms. The van der Waals surface area contributed by atoms with Crippen molar-refractivity contribution in [3.05, 3.63) is 54.1 Å². The summed E-state index contributed by atoms with van der Waals surface area (Å²) in [6.07, 6.45) is 6.59. The molecule has 2 amide bonds. The van der Waals surface area contributed by atoms with Crippen LogP contribution in [0.15, 0.2) is 48.5 Å². The standard InChI is InChI=1S/C23H28N2O5/c1-2-3-4-5-6-9-15-30-23(29)17-11-10-12-18(16-17)24-21(27)22(28)25-19-13-7-8-14-20(19)26/h7-8,10-14,16,26H,2-6,9,15H2,1H3,(H,24,27)(H,25,28). The molecule has 0 saturated carbocycles. The summed E-state index contributed by atoms with van der Waals surface area (Å²) in [5, 5.41) is 14.4. The van der Waals surface area contributed by atoms with E-state index in [4.69, 9.17) is 4.74 Å². The van der Waals surface area contributed by atoms with Gasteiger partial charge >= 0.3 is 17.8 Å². The number of esters is 1. The van der Waals surface area contributed by atoms with Crippen LogP contribution in [0.2, 0.25) is 0 Å². The number of hydrogen-bond acceptors (Lipinski definition) is 5. The number of hydrogen-bond donors (Lipinski definition) is 3. The Morgan fingerprint density at radius 1 is 0.867 bits per heavy atom. The molecule has 0 aliphatic carbocycles. The van der Waals surface area contributed by atoms with Crippen LogP contribution in [0.25, 0.3) is 0 Å². The molecule has 0 fully saturated rings. The molecule has 0 aliphatic rings. The second-order valence-corrected chi connectivity index (χ2v) is 6.91. The lowest BCUT2D eigenvalue weighted by Gasteiger charge is -2.09. The van der Waals surface area contributed by atoms with Crippen LogP contribution >= 0.6 is 0 Å².